The fourth-order valence-corrected chi connectivity index (χ4v) is 1.03. The summed E-state index contributed by atoms with van der Waals surface area (Å²) in [4.78, 5) is 4.36. The largest absolute Gasteiger partial charge is 0.396 e. The Balaban J connectivity index is 3.85. The van der Waals surface area contributed by atoms with Gasteiger partial charge in [-0.2, -0.15) is 0 Å². The van der Waals surface area contributed by atoms with Crippen LogP contribution in [0.15, 0.2) is 4.99 Å². The van der Waals surface area contributed by atoms with E-state index in [2.05, 4.69) is 15.6 Å². The van der Waals surface area contributed by atoms with Crippen LogP contribution in [0.25, 0.3) is 0 Å². The first kappa shape index (κ1) is 15.2. The molecule has 0 aromatic rings. The summed E-state index contributed by atoms with van der Waals surface area (Å²) >= 11 is 0. The molecule has 0 heterocycles. The van der Waals surface area contributed by atoms with Gasteiger partial charge in [0.15, 0.2) is 5.96 Å². The number of rotatable bonds is 8. The SMILES string of the molecule is CCNC(=NCC(C)CO)NCCOCC. The summed E-state index contributed by atoms with van der Waals surface area (Å²) < 4.78 is 5.22. The fraction of sp³-hybridized carbons (Fsp3) is 0.909. The van der Waals surface area contributed by atoms with Gasteiger partial charge in [0.05, 0.1) is 6.61 Å². The molecular weight excluding hydrogens is 206 g/mol. The van der Waals surface area contributed by atoms with Crippen molar-refractivity contribution in [2.45, 2.75) is 20.8 Å². The molecule has 0 amide bonds. The lowest BCUT2D eigenvalue weighted by atomic mass is 10.2. The van der Waals surface area contributed by atoms with Crippen molar-refractivity contribution in [3.8, 4) is 0 Å². The monoisotopic (exact) mass is 231 g/mol. The molecule has 1 unspecified atom stereocenters. The Morgan fingerprint density at radius 2 is 2.12 bits per heavy atom. The molecule has 5 nitrogen and oxygen atoms in total. The van der Waals surface area contributed by atoms with Crippen LogP contribution in [0.1, 0.15) is 20.8 Å². The number of nitrogens with zero attached hydrogens (tertiary/aromatic N) is 1. The summed E-state index contributed by atoms with van der Waals surface area (Å²) in [5.74, 6) is 0.977. The van der Waals surface area contributed by atoms with Crippen molar-refractivity contribution in [3.63, 3.8) is 0 Å². The summed E-state index contributed by atoms with van der Waals surface area (Å²) in [6.45, 7) is 9.74. The molecule has 0 aliphatic rings. The molecule has 96 valence electrons. The van der Waals surface area contributed by atoms with E-state index in [1.807, 2.05) is 20.8 Å². The first-order valence-corrected chi connectivity index (χ1v) is 5.95. The lowest BCUT2D eigenvalue weighted by molar-refractivity contribution is 0.152. The highest BCUT2D eigenvalue weighted by molar-refractivity contribution is 5.79. The quantitative estimate of drug-likeness (QED) is 0.317. The van der Waals surface area contributed by atoms with Crippen molar-refractivity contribution in [1.29, 1.82) is 0 Å². The molecule has 0 spiro atoms. The van der Waals surface area contributed by atoms with Gasteiger partial charge in [0.2, 0.25) is 0 Å². The number of aliphatic hydroxyl groups excluding tert-OH is 1. The smallest absolute Gasteiger partial charge is 0.191 e. The third kappa shape index (κ3) is 8.49. The molecule has 0 saturated heterocycles. The molecule has 0 aliphatic carbocycles. The Morgan fingerprint density at radius 3 is 2.69 bits per heavy atom. The van der Waals surface area contributed by atoms with E-state index >= 15 is 0 Å². The number of aliphatic imine (C=N–C) groups is 1. The van der Waals surface area contributed by atoms with Crippen molar-refractivity contribution >= 4 is 5.96 Å². The molecule has 1 atom stereocenters. The molecule has 0 radical (unpaired) electrons. The van der Waals surface area contributed by atoms with E-state index in [4.69, 9.17) is 9.84 Å². The molecule has 3 N–H and O–H groups in total. The molecule has 0 aromatic heterocycles. The van der Waals surface area contributed by atoms with Crippen molar-refractivity contribution in [2.75, 3.05) is 39.5 Å². The number of hydrogen-bond donors (Lipinski definition) is 3. The van der Waals surface area contributed by atoms with Crippen molar-refractivity contribution in [1.82, 2.24) is 10.6 Å². The highest BCUT2D eigenvalue weighted by atomic mass is 16.5. The molecule has 0 aromatic carbocycles. The Kier molecular flexibility index (Phi) is 10.2. The Morgan fingerprint density at radius 1 is 1.38 bits per heavy atom. The van der Waals surface area contributed by atoms with Gasteiger partial charge < -0.3 is 20.5 Å². The maximum absolute atomic E-state index is 8.89. The number of ether oxygens (including phenoxy) is 1. The van der Waals surface area contributed by atoms with Gasteiger partial charge in [-0.15, -0.1) is 0 Å². The molecule has 16 heavy (non-hydrogen) atoms. The van der Waals surface area contributed by atoms with Gasteiger partial charge in [0, 0.05) is 32.8 Å². The summed E-state index contributed by atoms with van der Waals surface area (Å²) in [7, 11) is 0. The summed E-state index contributed by atoms with van der Waals surface area (Å²) in [6, 6.07) is 0. The van der Waals surface area contributed by atoms with Gasteiger partial charge in [-0.05, 0) is 19.8 Å². The lowest BCUT2D eigenvalue weighted by Crippen LogP contribution is -2.39. The maximum Gasteiger partial charge on any atom is 0.191 e. The maximum atomic E-state index is 8.89. The van der Waals surface area contributed by atoms with Crippen molar-refractivity contribution in [3.05, 3.63) is 0 Å². The minimum absolute atomic E-state index is 0.169. The third-order valence-electron chi connectivity index (χ3n) is 1.96. The van der Waals surface area contributed by atoms with Crippen molar-refractivity contribution in [2.24, 2.45) is 10.9 Å². The summed E-state index contributed by atoms with van der Waals surface area (Å²) in [6.07, 6.45) is 0. The fourth-order valence-electron chi connectivity index (χ4n) is 1.03. The van der Waals surface area contributed by atoms with Gasteiger partial charge in [0.1, 0.15) is 0 Å². The highest BCUT2D eigenvalue weighted by Gasteiger charge is 2.00. The van der Waals surface area contributed by atoms with Crippen LogP contribution in [0.2, 0.25) is 0 Å². The Hall–Kier alpha value is -0.810. The average molecular weight is 231 g/mol. The van der Waals surface area contributed by atoms with Gasteiger partial charge in [0.25, 0.3) is 0 Å². The standard InChI is InChI=1S/C11H25N3O2/c1-4-12-11(13-6-7-16-5-2)14-8-10(3)9-15/h10,15H,4-9H2,1-3H3,(H2,12,13,14). The molecule has 0 bridgehead atoms. The normalized spacial score (nSPS) is 13.6. The van der Waals surface area contributed by atoms with E-state index in [9.17, 15) is 0 Å². The van der Waals surface area contributed by atoms with Crippen LogP contribution < -0.4 is 10.6 Å². The van der Waals surface area contributed by atoms with Crippen LogP contribution in [0.3, 0.4) is 0 Å². The number of nitrogens with one attached hydrogen (secondary N) is 2. The zero-order chi connectivity index (χ0) is 12.2. The first-order valence-electron chi connectivity index (χ1n) is 5.95. The summed E-state index contributed by atoms with van der Waals surface area (Å²) in [5, 5.41) is 15.2. The second-order valence-corrected chi connectivity index (χ2v) is 3.63. The zero-order valence-electron chi connectivity index (χ0n) is 10.6. The minimum atomic E-state index is 0.169. The molecule has 0 rings (SSSR count). The third-order valence-corrected chi connectivity index (χ3v) is 1.96. The van der Waals surface area contributed by atoms with Crippen LogP contribution in [0.4, 0.5) is 0 Å². The van der Waals surface area contributed by atoms with E-state index in [1.54, 1.807) is 0 Å². The van der Waals surface area contributed by atoms with Gasteiger partial charge in [-0.3, -0.25) is 4.99 Å². The second-order valence-electron chi connectivity index (χ2n) is 3.63. The van der Waals surface area contributed by atoms with Gasteiger partial charge >= 0.3 is 0 Å². The Labute approximate surface area is 98.3 Å². The zero-order valence-corrected chi connectivity index (χ0v) is 10.6. The molecule has 0 fully saturated rings. The van der Waals surface area contributed by atoms with Crippen LogP contribution in [-0.2, 0) is 4.74 Å². The number of aliphatic hydroxyl groups is 1. The average Bonchev–Trinajstić information content (AvgIpc) is 2.30. The van der Waals surface area contributed by atoms with Gasteiger partial charge in [-0.1, -0.05) is 6.92 Å². The van der Waals surface area contributed by atoms with Gasteiger partial charge in [-0.25, -0.2) is 0 Å². The molecule has 5 heteroatoms. The van der Waals surface area contributed by atoms with E-state index in [1.165, 1.54) is 0 Å². The van der Waals surface area contributed by atoms with Crippen molar-refractivity contribution < 1.29 is 9.84 Å². The minimum Gasteiger partial charge on any atom is -0.396 e. The topological polar surface area (TPSA) is 65.9 Å². The van der Waals surface area contributed by atoms with Crippen LogP contribution >= 0.6 is 0 Å². The molecular formula is C11H25N3O2. The lowest BCUT2D eigenvalue weighted by Gasteiger charge is -2.12. The molecule has 0 aliphatic heterocycles. The van der Waals surface area contributed by atoms with E-state index in [0.29, 0.717) is 13.2 Å². The summed E-state index contributed by atoms with van der Waals surface area (Å²) in [5.41, 5.74) is 0. The van der Waals surface area contributed by atoms with E-state index in [0.717, 1.165) is 25.7 Å². The number of guanidine groups is 1. The van der Waals surface area contributed by atoms with Crippen LogP contribution in [0.5, 0.6) is 0 Å². The molecule has 0 saturated carbocycles. The predicted molar refractivity (Wildman–Crippen MR) is 66.7 cm³/mol. The second kappa shape index (κ2) is 10.7. The number of hydrogen-bond acceptors (Lipinski definition) is 3. The Bertz CT molecular complexity index is 186. The predicted octanol–water partition coefficient (Wildman–Crippen LogP) is 0.206. The van der Waals surface area contributed by atoms with Crippen LogP contribution in [-0.4, -0.2) is 50.5 Å². The first-order chi connectivity index (χ1) is 7.74. The van der Waals surface area contributed by atoms with Crippen LogP contribution in [0, 0.1) is 5.92 Å². The van der Waals surface area contributed by atoms with E-state index < -0.39 is 0 Å². The van der Waals surface area contributed by atoms with E-state index in [-0.39, 0.29) is 12.5 Å². The highest BCUT2D eigenvalue weighted by Crippen LogP contribution is 1.92.